The highest BCUT2D eigenvalue weighted by molar-refractivity contribution is 7.99. The van der Waals surface area contributed by atoms with Gasteiger partial charge in [-0.1, -0.05) is 11.8 Å². The zero-order valence-corrected chi connectivity index (χ0v) is 15.3. The molecule has 1 atom stereocenters. The first-order valence-electron chi connectivity index (χ1n) is 8.34. The van der Waals surface area contributed by atoms with E-state index in [0.29, 0.717) is 35.1 Å². The van der Waals surface area contributed by atoms with E-state index < -0.39 is 22.8 Å². The summed E-state index contributed by atoms with van der Waals surface area (Å²) in [4.78, 5) is 26.8. The lowest BCUT2D eigenvalue weighted by Gasteiger charge is -2.34. The minimum atomic E-state index is -1.38. The molecule has 0 amide bonds. The summed E-state index contributed by atoms with van der Waals surface area (Å²) in [6, 6.07) is -0.0607. The number of hydrogen-bond donors (Lipinski definition) is 4. The number of pyridine rings is 1. The van der Waals surface area contributed by atoms with Crippen molar-refractivity contribution in [2.75, 3.05) is 41.3 Å². The molecule has 0 bridgehead atoms. The van der Waals surface area contributed by atoms with Gasteiger partial charge < -0.3 is 26.2 Å². The van der Waals surface area contributed by atoms with Gasteiger partial charge in [-0.3, -0.25) is 15.3 Å². The van der Waals surface area contributed by atoms with Crippen LogP contribution in [-0.4, -0.2) is 47.8 Å². The van der Waals surface area contributed by atoms with Crippen molar-refractivity contribution >= 4 is 40.0 Å². The van der Waals surface area contributed by atoms with Crippen LogP contribution in [-0.2, 0) is 0 Å². The maximum Gasteiger partial charge on any atom is 0.341 e. The highest BCUT2D eigenvalue weighted by Crippen LogP contribution is 2.45. The summed E-state index contributed by atoms with van der Waals surface area (Å²) >= 11 is 1.39. The highest BCUT2D eigenvalue weighted by Gasteiger charge is 2.33. The van der Waals surface area contributed by atoms with Crippen LogP contribution in [0.5, 0.6) is 0 Å². The van der Waals surface area contributed by atoms with Crippen LogP contribution in [0.25, 0.3) is 10.9 Å². The van der Waals surface area contributed by atoms with Crippen LogP contribution >= 0.6 is 11.8 Å². The van der Waals surface area contributed by atoms with Gasteiger partial charge in [0, 0.05) is 32.4 Å². The van der Waals surface area contributed by atoms with Crippen molar-refractivity contribution in [1.82, 2.24) is 4.68 Å². The van der Waals surface area contributed by atoms with Gasteiger partial charge in [0.25, 0.3) is 0 Å². The Morgan fingerprint density at radius 1 is 1.48 bits per heavy atom. The van der Waals surface area contributed by atoms with Crippen LogP contribution in [0.4, 0.5) is 15.8 Å². The summed E-state index contributed by atoms with van der Waals surface area (Å²) in [5.41, 5.74) is 7.62. The van der Waals surface area contributed by atoms with Gasteiger partial charge in [0.05, 0.1) is 27.4 Å². The molecule has 6 N–H and O–H groups in total. The van der Waals surface area contributed by atoms with E-state index in [4.69, 9.17) is 11.6 Å². The quantitative estimate of drug-likeness (QED) is 0.429. The van der Waals surface area contributed by atoms with Crippen molar-refractivity contribution in [3.05, 3.63) is 27.8 Å². The second-order valence-corrected chi connectivity index (χ2v) is 7.64. The fraction of sp³-hybridized carbons (Fsp3) is 0.375. The molecule has 2 aromatic rings. The summed E-state index contributed by atoms with van der Waals surface area (Å²) in [7, 11) is 1.76. The van der Waals surface area contributed by atoms with Crippen molar-refractivity contribution in [3.63, 3.8) is 0 Å². The standard InChI is InChI=1S/C16H19FN6O3S/c1-21-6-27-15-12-9(14(24)8(16(25)26)5-23(12)21)11(20-19)10(17)13(15)22-3-2-7(18)4-22/h5,7,20H,2-4,6,18-19H2,1H3,(H,25,26). The monoisotopic (exact) mass is 394 g/mol. The predicted molar refractivity (Wildman–Crippen MR) is 103 cm³/mol. The zero-order chi connectivity index (χ0) is 19.5. The van der Waals surface area contributed by atoms with E-state index >= 15 is 4.39 Å². The summed E-state index contributed by atoms with van der Waals surface area (Å²) < 4.78 is 17.0. The number of benzene rings is 1. The molecular weight excluding hydrogens is 375 g/mol. The third-order valence-corrected chi connectivity index (χ3v) is 6.15. The molecule has 144 valence electrons. The third-order valence-electron chi connectivity index (χ3n) is 4.98. The van der Waals surface area contributed by atoms with Crippen LogP contribution < -0.4 is 32.3 Å². The number of halogens is 1. The Kier molecular flexibility index (Phi) is 4.17. The molecule has 9 nitrogen and oxygen atoms in total. The minimum absolute atomic E-state index is 0.0607. The molecule has 3 heterocycles. The molecule has 1 aromatic heterocycles. The molecule has 1 saturated heterocycles. The van der Waals surface area contributed by atoms with E-state index in [2.05, 4.69) is 5.43 Å². The normalized spacial score (nSPS) is 19.0. The predicted octanol–water partition coefficient (Wildman–Crippen LogP) is 0.293. The van der Waals surface area contributed by atoms with Gasteiger partial charge in [0.15, 0.2) is 5.82 Å². The number of nitrogen functional groups attached to an aromatic ring is 1. The van der Waals surface area contributed by atoms with Crippen molar-refractivity contribution < 1.29 is 14.3 Å². The van der Waals surface area contributed by atoms with Crippen LogP contribution in [0, 0.1) is 5.82 Å². The lowest BCUT2D eigenvalue weighted by Crippen LogP contribution is -2.37. The van der Waals surface area contributed by atoms with E-state index in [1.165, 1.54) is 18.0 Å². The molecule has 11 heteroatoms. The van der Waals surface area contributed by atoms with Gasteiger partial charge in [-0.25, -0.2) is 9.18 Å². The van der Waals surface area contributed by atoms with Crippen LogP contribution in [0.2, 0.25) is 0 Å². The van der Waals surface area contributed by atoms with E-state index in [-0.39, 0.29) is 17.1 Å². The molecule has 4 rings (SSSR count). The number of hydrazine groups is 1. The van der Waals surface area contributed by atoms with Crippen LogP contribution in [0.3, 0.4) is 0 Å². The Bertz CT molecular complexity index is 1030. The SMILES string of the molecule is CN1CSc2c(N3CCC(N)C3)c(F)c(NN)c3c(=O)c(C(=O)O)cn1c23. The average molecular weight is 394 g/mol. The number of nitrogens with zero attached hydrogens (tertiary/aromatic N) is 3. The Hall–Kier alpha value is -2.50. The second-order valence-electron chi connectivity index (χ2n) is 6.68. The maximum atomic E-state index is 15.4. The van der Waals surface area contributed by atoms with Crippen molar-refractivity contribution in [2.24, 2.45) is 11.6 Å². The van der Waals surface area contributed by atoms with E-state index in [9.17, 15) is 14.7 Å². The summed E-state index contributed by atoms with van der Waals surface area (Å²) in [5, 5.41) is 11.1. The first-order valence-corrected chi connectivity index (χ1v) is 9.33. The summed E-state index contributed by atoms with van der Waals surface area (Å²) in [6.45, 7) is 1.09. The van der Waals surface area contributed by atoms with Gasteiger partial charge in [0.1, 0.15) is 11.3 Å². The van der Waals surface area contributed by atoms with Crippen LogP contribution in [0.15, 0.2) is 15.9 Å². The van der Waals surface area contributed by atoms with Gasteiger partial charge in [-0.2, -0.15) is 0 Å². The number of rotatable bonds is 3. The molecular formula is C16H19FN6O3S. The number of carboxylic acid groups (broad SMARTS) is 1. The number of carbonyl (C=O) groups is 1. The molecule has 0 radical (unpaired) electrons. The van der Waals surface area contributed by atoms with E-state index in [1.54, 1.807) is 16.7 Å². The number of aromatic carboxylic acids is 1. The molecule has 1 unspecified atom stereocenters. The largest absolute Gasteiger partial charge is 0.477 e. The number of aromatic nitrogens is 1. The Morgan fingerprint density at radius 3 is 2.81 bits per heavy atom. The average Bonchev–Trinajstić information content (AvgIpc) is 3.04. The van der Waals surface area contributed by atoms with Crippen molar-refractivity contribution in [1.29, 1.82) is 0 Å². The summed E-state index contributed by atoms with van der Waals surface area (Å²) in [5.74, 6) is 3.97. The Morgan fingerprint density at radius 2 is 2.22 bits per heavy atom. The first-order chi connectivity index (χ1) is 12.8. The maximum absolute atomic E-state index is 15.4. The number of hydrogen-bond acceptors (Lipinski definition) is 8. The first kappa shape index (κ1) is 17.9. The molecule has 27 heavy (non-hydrogen) atoms. The molecule has 2 aliphatic rings. The fourth-order valence-corrected chi connectivity index (χ4v) is 4.81. The van der Waals surface area contributed by atoms with Gasteiger partial charge in [-0.15, -0.1) is 0 Å². The fourth-order valence-electron chi connectivity index (χ4n) is 3.68. The second kappa shape index (κ2) is 6.29. The van der Waals surface area contributed by atoms with E-state index in [0.717, 1.165) is 6.42 Å². The molecule has 2 aliphatic heterocycles. The number of nitrogens with one attached hydrogen (secondary N) is 1. The zero-order valence-electron chi connectivity index (χ0n) is 14.5. The lowest BCUT2D eigenvalue weighted by molar-refractivity contribution is 0.0695. The highest BCUT2D eigenvalue weighted by atomic mass is 32.2. The van der Waals surface area contributed by atoms with Gasteiger partial charge in [-0.05, 0) is 6.42 Å². The molecule has 1 aromatic carbocycles. The van der Waals surface area contributed by atoms with E-state index in [1.807, 2.05) is 4.90 Å². The lowest BCUT2D eigenvalue weighted by atomic mass is 10.1. The number of thioether (sulfide) groups is 1. The van der Waals surface area contributed by atoms with Gasteiger partial charge in [0.2, 0.25) is 5.43 Å². The number of anilines is 2. The Balaban J connectivity index is 2.16. The molecule has 0 aliphatic carbocycles. The molecule has 1 fully saturated rings. The minimum Gasteiger partial charge on any atom is -0.477 e. The van der Waals surface area contributed by atoms with Crippen LogP contribution in [0.1, 0.15) is 16.8 Å². The van der Waals surface area contributed by atoms with Crippen molar-refractivity contribution in [3.8, 4) is 0 Å². The Labute approximate surface area is 157 Å². The molecule has 0 saturated carbocycles. The smallest absolute Gasteiger partial charge is 0.341 e. The van der Waals surface area contributed by atoms with Gasteiger partial charge >= 0.3 is 5.97 Å². The summed E-state index contributed by atoms with van der Waals surface area (Å²) in [6.07, 6.45) is 2.01. The number of nitrogens with two attached hydrogens (primary N) is 2. The molecule has 0 spiro atoms. The number of carboxylic acids is 1. The van der Waals surface area contributed by atoms with Crippen molar-refractivity contribution in [2.45, 2.75) is 17.4 Å². The topological polar surface area (TPSA) is 130 Å². The third kappa shape index (κ3) is 2.53.